The number of nitrogens with two attached hydrogens (primary N) is 1. The average Bonchev–Trinajstić information content (AvgIpc) is 2.80. The number of hydrogen-bond acceptors (Lipinski definition) is 6. The Kier molecular flexibility index (Phi) is 4.64. The molecule has 1 heterocycles. The van der Waals surface area contributed by atoms with Crippen LogP contribution in [0.4, 0.5) is 5.69 Å². The fraction of sp³-hybridized carbons (Fsp3) is 0.333. The Morgan fingerprint density at radius 1 is 1.53 bits per heavy atom. The Labute approximate surface area is 115 Å². The molecule has 7 heteroatoms. The third kappa shape index (κ3) is 4.15. The van der Waals surface area contributed by atoms with Crippen molar-refractivity contribution in [3.05, 3.63) is 30.6 Å². The lowest BCUT2D eigenvalue weighted by Gasteiger charge is -2.12. The van der Waals surface area contributed by atoms with Crippen molar-refractivity contribution in [2.24, 2.45) is 7.05 Å². The van der Waals surface area contributed by atoms with Crippen molar-refractivity contribution in [2.75, 3.05) is 18.1 Å². The zero-order valence-electron chi connectivity index (χ0n) is 10.6. The van der Waals surface area contributed by atoms with Gasteiger partial charge < -0.3 is 15.6 Å². The van der Waals surface area contributed by atoms with Gasteiger partial charge >= 0.3 is 0 Å². The number of rotatable bonds is 6. The Balaban J connectivity index is 1.76. The summed E-state index contributed by atoms with van der Waals surface area (Å²) in [5.74, 6) is 1.15. The number of nitrogen functional groups attached to an aromatic ring is 1. The second-order valence-electron chi connectivity index (χ2n) is 4.01. The molecule has 1 aromatic heterocycles. The standard InChI is InChI=1S/C12H16N4O2S/c1-16-12(14-8-15-16)19-7-10(17)6-18-11-4-2-3-9(13)5-11/h2-5,8,10,17H,6-7,13H2,1H3. The van der Waals surface area contributed by atoms with E-state index in [0.717, 1.165) is 5.16 Å². The van der Waals surface area contributed by atoms with Crippen molar-refractivity contribution in [3.8, 4) is 5.75 Å². The number of thioether (sulfide) groups is 1. The minimum absolute atomic E-state index is 0.217. The first-order valence-corrected chi connectivity index (χ1v) is 6.77. The normalized spacial score (nSPS) is 12.3. The monoisotopic (exact) mass is 280 g/mol. The van der Waals surface area contributed by atoms with Crippen LogP contribution in [0.15, 0.2) is 35.7 Å². The zero-order valence-corrected chi connectivity index (χ0v) is 11.4. The molecule has 0 saturated carbocycles. The van der Waals surface area contributed by atoms with Crippen LogP contribution in [-0.2, 0) is 7.05 Å². The van der Waals surface area contributed by atoms with Crippen LogP contribution in [0.2, 0.25) is 0 Å². The van der Waals surface area contributed by atoms with Crippen LogP contribution < -0.4 is 10.5 Å². The third-order valence-electron chi connectivity index (χ3n) is 2.38. The van der Waals surface area contributed by atoms with Gasteiger partial charge in [-0.25, -0.2) is 9.67 Å². The summed E-state index contributed by atoms with van der Waals surface area (Å²) in [4.78, 5) is 4.06. The quantitative estimate of drug-likeness (QED) is 0.604. The molecule has 2 aromatic rings. The minimum atomic E-state index is -0.580. The number of hydrogen-bond donors (Lipinski definition) is 2. The highest BCUT2D eigenvalue weighted by Crippen LogP contribution is 2.17. The summed E-state index contributed by atoms with van der Waals surface area (Å²) >= 11 is 1.43. The van der Waals surface area contributed by atoms with Crippen LogP contribution in [0.1, 0.15) is 0 Å². The van der Waals surface area contributed by atoms with E-state index in [1.54, 1.807) is 22.9 Å². The maximum Gasteiger partial charge on any atom is 0.185 e. The molecule has 1 atom stereocenters. The van der Waals surface area contributed by atoms with Crippen molar-refractivity contribution in [2.45, 2.75) is 11.3 Å². The van der Waals surface area contributed by atoms with E-state index in [9.17, 15) is 5.11 Å². The van der Waals surface area contributed by atoms with Crippen LogP contribution in [-0.4, -0.2) is 38.3 Å². The molecule has 2 rings (SSSR count). The molecular weight excluding hydrogens is 264 g/mol. The molecule has 3 N–H and O–H groups in total. The van der Waals surface area contributed by atoms with Gasteiger partial charge in [-0.05, 0) is 12.1 Å². The first kappa shape index (κ1) is 13.7. The first-order chi connectivity index (χ1) is 9.15. The molecule has 0 spiro atoms. The first-order valence-electron chi connectivity index (χ1n) is 5.78. The summed E-state index contributed by atoms with van der Waals surface area (Å²) in [6.07, 6.45) is 0.904. The van der Waals surface area contributed by atoms with Crippen molar-refractivity contribution in [3.63, 3.8) is 0 Å². The number of nitrogens with zero attached hydrogens (tertiary/aromatic N) is 3. The molecule has 102 valence electrons. The lowest BCUT2D eigenvalue weighted by atomic mass is 10.3. The fourth-order valence-electron chi connectivity index (χ4n) is 1.43. The van der Waals surface area contributed by atoms with E-state index >= 15 is 0 Å². The highest BCUT2D eigenvalue weighted by molar-refractivity contribution is 7.99. The molecule has 0 fully saturated rings. The van der Waals surface area contributed by atoms with Gasteiger partial charge in [0.2, 0.25) is 0 Å². The summed E-state index contributed by atoms with van der Waals surface area (Å²) in [7, 11) is 1.81. The molecule has 0 bridgehead atoms. The molecule has 6 nitrogen and oxygen atoms in total. The Hall–Kier alpha value is -1.73. The van der Waals surface area contributed by atoms with Crippen LogP contribution in [0, 0.1) is 0 Å². The van der Waals surface area contributed by atoms with Gasteiger partial charge in [0, 0.05) is 24.6 Å². The van der Waals surface area contributed by atoms with Crippen LogP contribution >= 0.6 is 11.8 Å². The predicted molar refractivity (Wildman–Crippen MR) is 74.1 cm³/mol. The Bertz CT molecular complexity index is 532. The van der Waals surface area contributed by atoms with E-state index in [-0.39, 0.29) is 6.61 Å². The second-order valence-corrected chi connectivity index (χ2v) is 5.00. The van der Waals surface area contributed by atoms with Gasteiger partial charge in [-0.2, -0.15) is 5.10 Å². The Morgan fingerprint density at radius 2 is 2.37 bits per heavy atom. The summed E-state index contributed by atoms with van der Waals surface area (Å²) in [5.41, 5.74) is 6.28. The van der Waals surface area contributed by atoms with Gasteiger partial charge in [-0.1, -0.05) is 17.8 Å². The van der Waals surface area contributed by atoms with Gasteiger partial charge in [0.05, 0.1) is 6.10 Å². The smallest absolute Gasteiger partial charge is 0.185 e. The summed E-state index contributed by atoms with van der Waals surface area (Å²) in [5, 5.41) is 14.6. The van der Waals surface area contributed by atoms with Gasteiger partial charge in [-0.15, -0.1) is 0 Å². The summed E-state index contributed by atoms with van der Waals surface area (Å²) in [6.45, 7) is 0.217. The van der Waals surface area contributed by atoms with Crippen LogP contribution in [0.5, 0.6) is 5.75 Å². The molecule has 1 unspecified atom stereocenters. The van der Waals surface area contributed by atoms with Crippen molar-refractivity contribution < 1.29 is 9.84 Å². The van der Waals surface area contributed by atoms with Gasteiger partial charge in [0.1, 0.15) is 18.7 Å². The summed E-state index contributed by atoms with van der Waals surface area (Å²) in [6, 6.07) is 7.12. The maximum atomic E-state index is 9.83. The maximum absolute atomic E-state index is 9.83. The molecule has 0 aliphatic heterocycles. The highest BCUT2D eigenvalue weighted by atomic mass is 32.2. The second kappa shape index (κ2) is 6.44. The molecule has 0 aliphatic rings. The van der Waals surface area contributed by atoms with Gasteiger partial charge in [0.25, 0.3) is 0 Å². The van der Waals surface area contributed by atoms with Crippen molar-refractivity contribution >= 4 is 17.4 Å². The zero-order chi connectivity index (χ0) is 13.7. The van der Waals surface area contributed by atoms with E-state index in [1.807, 2.05) is 13.1 Å². The highest BCUT2D eigenvalue weighted by Gasteiger charge is 2.09. The van der Waals surface area contributed by atoms with E-state index in [0.29, 0.717) is 17.2 Å². The SMILES string of the molecule is Cn1ncnc1SCC(O)COc1cccc(N)c1. The van der Waals surface area contributed by atoms with E-state index in [1.165, 1.54) is 18.1 Å². The number of aryl methyl sites for hydroxylation is 1. The predicted octanol–water partition coefficient (Wildman–Crippen LogP) is 0.929. The largest absolute Gasteiger partial charge is 0.491 e. The number of aliphatic hydroxyl groups is 1. The molecular formula is C12H16N4O2S. The number of aromatic nitrogens is 3. The average molecular weight is 280 g/mol. The third-order valence-corrected chi connectivity index (χ3v) is 3.55. The van der Waals surface area contributed by atoms with Crippen LogP contribution in [0.3, 0.4) is 0 Å². The fourth-order valence-corrected chi connectivity index (χ4v) is 2.23. The molecule has 0 aliphatic carbocycles. The number of ether oxygens (including phenoxy) is 1. The lowest BCUT2D eigenvalue weighted by Crippen LogP contribution is -2.20. The minimum Gasteiger partial charge on any atom is -0.491 e. The van der Waals surface area contributed by atoms with E-state index in [2.05, 4.69) is 10.1 Å². The number of aliphatic hydroxyl groups excluding tert-OH is 1. The molecule has 0 amide bonds. The van der Waals surface area contributed by atoms with Gasteiger partial charge in [0.15, 0.2) is 5.16 Å². The molecule has 19 heavy (non-hydrogen) atoms. The molecule has 0 radical (unpaired) electrons. The van der Waals surface area contributed by atoms with Crippen molar-refractivity contribution in [1.29, 1.82) is 0 Å². The lowest BCUT2D eigenvalue weighted by molar-refractivity contribution is 0.126. The molecule has 0 saturated heterocycles. The van der Waals surface area contributed by atoms with E-state index < -0.39 is 6.10 Å². The molecule has 1 aromatic carbocycles. The van der Waals surface area contributed by atoms with Crippen LogP contribution in [0.25, 0.3) is 0 Å². The van der Waals surface area contributed by atoms with Gasteiger partial charge in [-0.3, -0.25) is 0 Å². The number of benzene rings is 1. The van der Waals surface area contributed by atoms with Crippen molar-refractivity contribution in [1.82, 2.24) is 14.8 Å². The summed E-state index contributed by atoms with van der Waals surface area (Å²) < 4.78 is 7.13. The van der Waals surface area contributed by atoms with E-state index in [4.69, 9.17) is 10.5 Å². The topological polar surface area (TPSA) is 86.2 Å². The Morgan fingerprint density at radius 3 is 3.05 bits per heavy atom. The number of anilines is 1.